The maximum absolute atomic E-state index is 12.1. The maximum Gasteiger partial charge on any atom is 0.408 e. The van der Waals surface area contributed by atoms with Gasteiger partial charge in [0.2, 0.25) is 0 Å². The average Bonchev–Trinajstić information content (AvgIpc) is 2.72. The summed E-state index contributed by atoms with van der Waals surface area (Å²) in [5, 5.41) is 5.46. The molecule has 32 heavy (non-hydrogen) atoms. The van der Waals surface area contributed by atoms with Gasteiger partial charge in [-0.05, 0) is 32.3 Å². The highest BCUT2D eigenvalue weighted by Gasteiger charge is 2.28. The summed E-state index contributed by atoms with van der Waals surface area (Å²) in [6.45, 7) is 9.03. The van der Waals surface area contributed by atoms with Crippen molar-refractivity contribution in [2.45, 2.75) is 71.9 Å². The van der Waals surface area contributed by atoms with Crippen LogP contribution in [-0.4, -0.2) is 49.2 Å². The van der Waals surface area contributed by atoms with E-state index in [1.165, 1.54) is 0 Å². The van der Waals surface area contributed by atoms with Crippen LogP contribution in [0.3, 0.4) is 0 Å². The first-order valence-electron chi connectivity index (χ1n) is 10.8. The third-order valence-electron chi connectivity index (χ3n) is 4.72. The Balaban J connectivity index is 0. The summed E-state index contributed by atoms with van der Waals surface area (Å²) in [6.07, 6.45) is 1.42. The van der Waals surface area contributed by atoms with Crippen LogP contribution in [0.4, 0.5) is 9.59 Å². The number of carbonyl (C=O) groups excluding carboxylic acids is 2. The lowest BCUT2D eigenvalue weighted by Crippen LogP contribution is -2.49. The summed E-state index contributed by atoms with van der Waals surface area (Å²) >= 11 is 0. The van der Waals surface area contributed by atoms with Gasteiger partial charge in [0.1, 0.15) is 0 Å². The summed E-state index contributed by atoms with van der Waals surface area (Å²) < 4.78 is 11.0. The molecule has 2 amide bonds. The van der Waals surface area contributed by atoms with E-state index in [-0.39, 0.29) is 30.9 Å². The summed E-state index contributed by atoms with van der Waals surface area (Å²) in [5.74, 6) is 0. The highest BCUT2D eigenvalue weighted by atomic mass is 35.5. The number of carbonyl (C=O) groups is 2. The molecule has 0 fully saturated rings. The first kappa shape index (κ1) is 32.4. The van der Waals surface area contributed by atoms with E-state index in [0.717, 1.165) is 31.2 Å². The number of benzene rings is 1. The number of hydrogen-bond donors (Lipinski definition) is 3. The molecule has 0 saturated carbocycles. The summed E-state index contributed by atoms with van der Waals surface area (Å²) in [5.41, 5.74) is 7.32. The Morgan fingerprint density at radius 1 is 0.906 bits per heavy atom. The summed E-state index contributed by atoms with van der Waals surface area (Å²) in [6, 6.07) is 9.30. The number of alkyl carbamates (subject to hydrolysis) is 2. The van der Waals surface area contributed by atoms with Gasteiger partial charge in [0, 0.05) is 25.7 Å². The first-order chi connectivity index (χ1) is 14.4. The molecule has 0 aliphatic rings. The maximum atomic E-state index is 12.1. The molecular formula is C22H40Cl2N4O4. The molecule has 3 atom stereocenters. The standard InChI is InChI=1S/C22H38N4O4.2ClH/c1-5-7-14-24-21(27)29-17(3)26(16-20(23)19-12-10-9-11-13-19)18(4)30-22(28)25-15-8-6-2;;/h9-13,17-18,20H,5-8,14-16,23H2,1-4H3,(H,24,27)(H,25,28);2*1H. The highest BCUT2D eigenvalue weighted by molar-refractivity contribution is 5.85. The van der Waals surface area contributed by atoms with Gasteiger partial charge >= 0.3 is 12.2 Å². The van der Waals surface area contributed by atoms with Crippen LogP contribution in [0.5, 0.6) is 0 Å². The van der Waals surface area contributed by atoms with Gasteiger partial charge in [0.25, 0.3) is 0 Å². The number of ether oxygens (including phenoxy) is 2. The molecule has 0 bridgehead atoms. The van der Waals surface area contributed by atoms with Crippen molar-refractivity contribution in [3.8, 4) is 0 Å². The van der Waals surface area contributed by atoms with E-state index in [4.69, 9.17) is 15.2 Å². The first-order valence-corrected chi connectivity index (χ1v) is 10.8. The molecule has 0 saturated heterocycles. The Morgan fingerprint density at radius 3 is 1.75 bits per heavy atom. The summed E-state index contributed by atoms with van der Waals surface area (Å²) in [4.78, 5) is 26.0. The Labute approximate surface area is 204 Å². The van der Waals surface area contributed by atoms with E-state index in [9.17, 15) is 9.59 Å². The van der Waals surface area contributed by atoms with Crippen LogP contribution in [0.2, 0.25) is 0 Å². The lowest BCUT2D eigenvalue weighted by Gasteiger charge is -2.35. The Hall–Kier alpha value is -1.74. The minimum Gasteiger partial charge on any atom is -0.430 e. The van der Waals surface area contributed by atoms with Crippen molar-refractivity contribution in [3.05, 3.63) is 35.9 Å². The smallest absolute Gasteiger partial charge is 0.408 e. The van der Waals surface area contributed by atoms with Gasteiger partial charge in [-0.1, -0.05) is 57.0 Å². The second-order valence-corrected chi connectivity index (χ2v) is 7.28. The SMILES string of the molecule is CCCCNC(=O)OC(C)N(CC(N)c1ccccc1)C(C)OC(=O)NCCCC.Cl.Cl. The molecule has 1 aromatic carbocycles. The summed E-state index contributed by atoms with van der Waals surface area (Å²) in [7, 11) is 0. The molecule has 8 nitrogen and oxygen atoms in total. The van der Waals surface area contributed by atoms with E-state index in [1.54, 1.807) is 18.7 Å². The van der Waals surface area contributed by atoms with Gasteiger partial charge in [-0.25, -0.2) is 14.5 Å². The fourth-order valence-corrected chi connectivity index (χ4v) is 2.89. The molecule has 1 rings (SSSR count). The number of nitrogens with two attached hydrogens (primary N) is 1. The fourth-order valence-electron chi connectivity index (χ4n) is 2.89. The van der Waals surface area contributed by atoms with Crippen LogP contribution >= 0.6 is 24.8 Å². The van der Waals surface area contributed by atoms with Crippen LogP contribution in [0.25, 0.3) is 0 Å². The van der Waals surface area contributed by atoms with Crippen molar-refractivity contribution in [1.29, 1.82) is 0 Å². The topological polar surface area (TPSA) is 106 Å². The number of hydrogen-bond acceptors (Lipinski definition) is 6. The minimum atomic E-state index is -0.639. The van der Waals surface area contributed by atoms with Gasteiger partial charge in [-0.2, -0.15) is 0 Å². The molecule has 0 aromatic heterocycles. The molecule has 0 aliphatic heterocycles. The van der Waals surface area contributed by atoms with Crippen LogP contribution in [-0.2, 0) is 9.47 Å². The van der Waals surface area contributed by atoms with Crippen LogP contribution in [0, 0.1) is 0 Å². The normalized spacial score (nSPS) is 13.1. The molecule has 10 heteroatoms. The van der Waals surface area contributed by atoms with Crippen molar-refractivity contribution in [3.63, 3.8) is 0 Å². The van der Waals surface area contributed by atoms with Crippen molar-refractivity contribution < 1.29 is 19.1 Å². The molecule has 0 spiro atoms. The zero-order valence-corrected chi connectivity index (χ0v) is 21.2. The van der Waals surface area contributed by atoms with Gasteiger partial charge in [-0.15, -0.1) is 24.8 Å². The van der Waals surface area contributed by atoms with Crippen LogP contribution in [0.1, 0.15) is 65.0 Å². The molecule has 4 N–H and O–H groups in total. The predicted octanol–water partition coefficient (Wildman–Crippen LogP) is 4.58. The highest BCUT2D eigenvalue weighted by Crippen LogP contribution is 2.17. The van der Waals surface area contributed by atoms with Crippen LogP contribution in [0.15, 0.2) is 30.3 Å². The Morgan fingerprint density at radius 2 is 1.34 bits per heavy atom. The third kappa shape index (κ3) is 13.0. The monoisotopic (exact) mass is 494 g/mol. The quantitative estimate of drug-likeness (QED) is 0.273. The second kappa shape index (κ2) is 18.8. The number of halogens is 2. The molecular weight excluding hydrogens is 455 g/mol. The van der Waals surface area contributed by atoms with E-state index >= 15 is 0 Å². The van der Waals surface area contributed by atoms with Gasteiger partial charge in [0.15, 0.2) is 12.5 Å². The molecule has 0 heterocycles. The Kier molecular flexibility index (Phi) is 19.1. The number of unbranched alkanes of at least 4 members (excludes halogenated alkanes) is 2. The number of rotatable bonds is 13. The lowest BCUT2D eigenvalue weighted by molar-refractivity contribution is -0.0940. The lowest BCUT2D eigenvalue weighted by atomic mass is 10.1. The predicted molar refractivity (Wildman–Crippen MR) is 132 cm³/mol. The van der Waals surface area contributed by atoms with Gasteiger partial charge in [0.05, 0.1) is 0 Å². The zero-order valence-electron chi connectivity index (χ0n) is 19.5. The van der Waals surface area contributed by atoms with Crippen molar-refractivity contribution in [2.24, 2.45) is 5.73 Å². The average molecular weight is 495 g/mol. The van der Waals surface area contributed by atoms with Gasteiger partial charge in [-0.3, -0.25) is 0 Å². The fraction of sp³-hybridized carbons (Fsp3) is 0.636. The van der Waals surface area contributed by atoms with E-state index < -0.39 is 24.6 Å². The second-order valence-electron chi connectivity index (χ2n) is 7.28. The molecule has 186 valence electrons. The molecule has 3 unspecified atom stereocenters. The minimum absolute atomic E-state index is 0. The number of nitrogens with one attached hydrogen (secondary N) is 2. The number of amides is 2. The van der Waals surface area contributed by atoms with E-state index in [2.05, 4.69) is 10.6 Å². The van der Waals surface area contributed by atoms with E-state index in [1.807, 2.05) is 44.2 Å². The number of nitrogens with zero attached hydrogens (tertiary/aromatic N) is 1. The molecule has 1 aromatic rings. The van der Waals surface area contributed by atoms with Crippen molar-refractivity contribution in [2.75, 3.05) is 19.6 Å². The largest absolute Gasteiger partial charge is 0.430 e. The van der Waals surface area contributed by atoms with Crippen molar-refractivity contribution in [1.82, 2.24) is 15.5 Å². The van der Waals surface area contributed by atoms with Crippen LogP contribution < -0.4 is 16.4 Å². The van der Waals surface area contributed by atoms with Gasteiger partial charge < -0.3 is 25.8 Å². The molecule has 0 radical (unpaired) electrons. The zero-order chi connectivity index (χ0) is 22.4. The van der Waals surface area contributed by atoms with Crippen molar-refractivity contribution >= 4 is 37.0 Å². The Bertz CT molecular complexity index is 595. The van der Waals surface area contributed by atoms with E-state index in [0.29, 0.717) is 19.6 Å². The third-order valence-corrected chi connectivity index (χ3v) is 4.72. The molecule has 0 aliphatic carbocycles.